The Morgan fingerprint density at radius 2 is 1.61 bits per heavy atom. The van der Waals surface area contributed by atoms with Gasteiger partial charge >= 0.3 is 0 Å². The first-order valence-corrected chi connectivity index (χ1v) is 6.05. The van der Waals surface area contributed by atoms with Crippen LogP contribution in [-0.2, 0) is 0 Å². The molecule has 0 heterocycles. The van der Waals surface area contributed by atoms with Crippen molar-refractivity contribution < 1.29 is 22.3 Å². The average molecular weight is 262 g/mol. The van der Waals surface area contributed by atoms with E-state index in [1.165, 1.54) is 6.42 Å². The fourth-order valence-corrected chi connectivity index (χ4v) is 2.22. The van der Waals surface area contributed by atoms with E-state index in [0.717, 1.165) is 25.7 Å². The molecule has 2 rings (SSSR count). The van der Waals surface area contributed by atoms with Gasteiger partial charge in [-0.2, -0.15) is 4.39 Å². The maximum absolute atomic E-state index is 13.3. The van der Waals surface area contributed by atoms with E-state index in [4.69, 9.17) is 4.74 Å². The molecule has 0 unspecified atom stereocenters. The molecule has 1 aliphatic rings. The minimum Gasteiger partial charge on any atom is -0.490 e. The number of halogens is 4. The molecule has 1 nitrogen and oxygen atoms in total. The van der Waals surface area contributed by atoms with Gasteiger partial charge in [-0.05, 0) is 18.8 Å². The Balaban J connectivity index is 2.05. The van der Waals surface area contributed by atoms with Crippen LogP contribution in [0, 0.1) is 29.2 Å². The molecular weight excluding hydrogens is 248 g/mol. The zero-order chi connectivity index (χ0) is 13.1. The SMILES string of the molecule is Fc1cc(OCC2CCCCC2)c(F)c(F)c1F. The van der Waals surface area contributed by atoms with Gasteiger partial charge in [-0.25, -0.2) is 13.2 Å². The van der Waals surface area contributed by atoms with Gasteiger partial charge < -0.3 is 4.74 Å². The minimum absolute atomic E-state index is 0.210. The van der Waals surface area contributed by atoms with Crippen LogP contribution in [0.4, 0.5) is 17.6 Å². The van der Waals surface area contributed by atoms with Gasteiger partial charge in [0.1, 0.15) is 0 Å². The van der Waals surface area contributed by atoms with Crippen LogP contribution < -0.4 is 4.74 Å². The summed E-state index contributed by atoms with van der Waals surface area (Å²) in [6.45, 7) is 0.210. The lowest BCUT2D eigenvalue weighted by Gasteiger charge is -2.21. The maximum atomic E-state index is 13.3. The van der Waals surface area contributed by atoms with Crippen molar-refractivity contribution >= 4 is 0 Å². The van der Waals surface area contributed by atoms with Crippen molar-refractivity contribution in [3.05, 3.63) is 29.3 Å². The molecule has 0 bridgehead atoms. The summed E-state index contributed by atoms with van der Waals surface area (Å²) < 4.78 is 57.0. The van der Waals surface area contributed by atoms with Gasteiger partial charge in [-0.3, -0.25) is 0 Å². The highest BCUT2D eigenvalue weighted by Crippen LogP contribution is 2.28. The normalized spacial score (nSPS) is 16.9. The van der Waals surface area contributed by atoms with E-state index in [2.05, 4.69) is 0 Å². The van der Waals surface area contributed by atoms with E-state index >= 15 is 0 Å². The summed E-state index contributed by atoms with van der Waals surface area (Å²) in [7, 11) is 0. The molecule has 5 heteroatoms. The number of hydrogen-bond donors (Lipinski definition) is 0. The summed E-state index contributed by atoms with van der Waals surface area (Å²) in [5, 5.41) is 0. The van der Waals surface area contributed by atoms with Gasteiger partial charge in [0.2, 0.25) is 11.6 Å². The lowest BCUT2D eigenvalue weighted by Crippen LogP contribution is -2.16. The topological polar surface area (TPSA) is 9.23 Å². The second-order valence-electron chi connectivity index (χ2n) is 4.61. The Labute approximate surface area is 103 Å². The Morgan fingerprint density at radius 3 is 2.28 bits per heavy atom. The van der Waals surface area contributed by atoms with Crippen LogP contribution in [-0.4, -0.2) is 6.61 Å². The van der Waals surface area contributed by atoms with Gasteiger partial charge in [-0.1, -0.05) is 19.3 Å². The largest absolute Gasteiger partial charge is 0.490 e. The first-order valence-electron chi connectivity index (χ1n) is 6.05. The molecule has 0 atom stereocenters. The molecule has 0 aromatic heterocycles. The molecule has 1 fully saturated rings. The quantitative estimate of drug-likeness (QED) is 0.450. The Hall–Kier alpha value is -1.26. The second-order valence-corrected chi connectivity index (χ2v) is 4.61. The maximum Gasteiger partial charge on any atom is 0.203 e. The van der Waals surface area contributed by atoms with Gasteiger partial charge in [0.15, 0.2) is 17.4 Å². The highest BCUT2D eigenvalue weighted by atomic mass is 19.2. The number of ether oxygens (including phenoxy) is 1. The van der Waals surface area contributed by atoms with E-state index in [1.807, 2.05) is 0 Å². The summed E-state index contributed by atoms with van der Waals surface area (Å²) >= 11 is 0. The molecule has 1 aromatic carbocycles. The third kappa shape index (κ3) is 2.76. The lowest BCUT2D eigenvalue weighted by atomic mass is 9.90. The van der Waals surface area contributed by atoms with Crippen molar-refractivity contribution in [3.8, 4) is 5.75 Å². The molecular formula is C13H14F4O. The van der Waals surface area contributed by atoms with Gasteiger partial charge in [0.25, 0.3) is 0 Å². The van der Waals surface area contributed by atoms with Crippen LogP contribution in [0.3, 0.4) is 0 Å². The van der Waals surface area contributed by atoms with Crippen LogP contribution in [0.25, 0.3) is 0 Å². The van der Waals surface area contributed by atoms with E-state index < -0.39 is 29.0 Å². The summed E-state index contributed by atoms with van der Waals surface area (Å²) in [6, 6.07) is 0.552. The average Bonchev–Trinajstić information content (AvgIpc) is 2.40. The standard InChI is InChI=1S/C13H14F4O/c14-9-6-10(12(16)13(17)11(9)15)18-7-8-4-2-1-3-5-8/h6,8H,1-5,7H2. The van der Waals surface area contributed by atoms with E-state index in [9.17, 15) is 17.6 Å². The van der Waals surface area contributed by atoms with Crippen molar-refractivity contribution in [3.63, 3.8) is 0 Å². The zero-order valence-corrected chi connectivity index (χ0v) is 9.82. The predicted molar refractivity (Wildman–Crippen MR) is 58.3 cm³/mol. The first kappa shape index (κ1) is 13.2. The van der Waals surface area contributed by atoms with Crippen LogP contribution in [0.1, 0.15) is 32.1 Å². The zero-order valence-electron chi connectivity index (χ0n) is 9.82. The molecule has 0 radical (unpaired) electrons. The molecule has 0 amide bonds. The first-order chi connectivity index (χ1) is 8.59. The third-order valence-corrected chi connectivity index (χ3v) is 3.27. The van der Waals surface area contributed by atoms with Crippen molar-refractivity contribution in [2.75, 3.05) is 6.61 Å². The minimum atomic E-state index is -1.83. The van der Waals surface area contributed by atoms with Crippen molar-refractivity contribution in [1.82, 2.24) is 0 Å². The number of benzene rings is 1. The van der Waals surface area contributed by atoms with Gasteiger partial charge in [0, 0.05) is 6.07 Å². The van der Waals surface area contributed by atoms with Crippen molar-refractivity contribution in [2.24, 2.45) is 5.92 Å². The number of rotatable bonds is 3. The summed E-state index contributed by atoms with van der Waals surface area (Å²) in [6.07, 6.45) is 5.28. The molecule has 0 aliphatic heterocycles. The number of hydrogen-bond acceptors (Lipinski definition) is 1. The van der Waals surface area contributed by atoms with Crippen molar-refractivity contribution in [1.29, 1.82) is 0 Å². The highest BCUT2D eigenvalue weighted by molar-refractivity contribution is 5.27. The van der Waals surface area contributed by atoms with Crippen LogP contribution in [0.2, 0.25) is 0 Å². The molecule has 100 valence electrons. The molecule has 18 heavy (non-hydrogen) atoms. The molecule has 0 N–H and O–H groups in total. The van der Waals surface area contributed by atoms with Crippen LogP contribution >= 0.6 is 0 Å². The predicted octanol–water partition coefficient (Wildman–Crippen LogP) is 4.20. The summed E-state index contributed by atoms with van der Waals surface area (Å²) in [5.41, 5.74) is 0. The third-order valence-electron chi connectivity index (χ3n) is 3.27. The van der Waals surface area contributed by atoms with E-state index in [-0.39, 0.29) is 12.5 Å². The van der Waals surface area contributed by atoms with Gasteiger partial charge in [0.05, 0.1) is 6.61 Å². The van der Waals surface area contributed by atoms with Crippen LogP contribution in [0.15, 0.2) is 6.07 Å². The second kappa shape index (κ2) is 5.59. The molecule has 1 saturated carbocycles. The van der Waals surface area contributed by atoms with Gasteiger partial charge in [-0.15, -0.1) is 0 Å². The Kier molecular flexibility index (Phi) is 4.09. The van der Waals surface area contributed by atoms with Crippen LogP contribution in [0.5, 0.6) is 5.75 Å². The van der Waals surface area contributed by atoms with Crippen molar-refractivity contribution in [2.45, 2.75) is 32.1 Å². The Morgan fingerprint density at radius 1 is 0.944 bits per heavy atom. The Bertz CT molecular complexity index is 427. The molecule has 0 saturated heterocycles. The van der Waals surface area contributed by atoms with E-state index in [1.54, 1.807) is 0 Å². The fraction of sp³-hybridized carbons (Fsp3) is 0.538. The summed E-state index contributed by atoms with van der Waals surface area (Å²) in [5.74, 6) is -6.82. The lowest BCUT2D eigenvalue weighted by molar-refractivity contribution is 0.198. The molecule has 0 spiro atoms. The molecule has 1 aliphatic carbocycles. The molecule has 1 aromatic rings. The highest BCUT2D eigenvalue weighted by Gasteiger charge is 2.21. The van der Waals surface area contributed by atoms with E-state index in [0.29, 0.717) is 6.07 Å². The monoisotopic (exact) mass is 262 g/mol. The summed E-state index contributed by atoms with van der Waals surface area (Å²) in [4.78, 5) is 0. The smallest absolute Gasteiger partial charge is 0.203 e. The fourth-order valence-electron chi connectivity index (χ4n) is 2.22.